The quantitative estimate of drug-likeness (QED) is 0.898. The first-order valence-electron chi connectivity index (χ1n) is 8.01. The first-order valence-corrected chi connectivity index (χ1v) is 8.89. The van der Waals surface area contributed by atoms with Gasteiger partial charge in [-0.2, -0.15) is 5.26 Å². The van der Waals surface area contributed by atoms with Crippen molar-refractivity contribution in [1.29, 1.82) is 5.26 Å². The Morgan fingerprint density at radius 3 is 2.55 bits per heavy atom. The summed E-state index contributed by atoms with van der Waals surface area (Å²) in [6, 6.07) is 2.02. The third kappa shape index (κ3) is 2.08. The van der Waals surface area contributed by atoms with E-state index < -0.39 is 0 Å². The van der Waals surface area contributed by atoms with Crippen LogP contribution in [0.3, 0.4) is 0 Å². The second-order valence-corrected chi connectivity index (χ2v) is 9.37. The number of anilines is 1. The number of thiazole rings is 1. The molecule has 5 rings (SSSR count). The molecule has 0 saturated heterocycles. The van der Waals surface area contributed by atoms with E-state index >= 15 is 0 Å². The molecule has 1 N–H and O–H groups in total. The van der Waals surface area contributed by atoms with E-state index in [-0.39, 0.29) is 11.3 Å². The van der Waals surface area contributed by atoms with Crippen molar-refractivity contribution in [2.45, 2.75) is 52.4 Å². The van der Waals surface area contributed by atoms with Crippen LogP contribution in [0, 0.1) is 33.5 Å². The van der Waals surface area contributed by atoms with Crippen molar-refractivity contribution < 1.29 is 4.79 Å². The molecule has 0 aliphatic heterocycles. The zero-order valence-corrected chi connectivity index (χ0v) is 13.9. The fourth-order valence-corrected chi connectivity index (χ4v) is 6.94. The normalized spacial score (nSPS) is 42.1. The minimum Gasteiger partial charge on any atom is -0.301 e. The number of aromatic nitrogens is 1. The summed E-state index contributed by atoms with van der Waals surface area (Å²) in [5, 5.41) is 14.1. The Morgan fingerprint density at radius 1 is 1.32 bits per heavy atom. The van der Waals surface area contributed by atoms with Crippen LogP contribution in [0.4, 0.5) is 5.13 Å². The smallest absolute Gasteiger partial charge is 0.232 e. The molecule has 1 amide bonds. The molecule has 0 aromatic carbocycles. The summed E-state index contributed by atoms with van der Waals surface area (Å²) in [7, 11) is 0. The Bertz CT molecular complexity index is 670. The number of amides is 1. The molecular weight excluding hydrogens is 294 g/mol. The number of hydrogen-bond donors (Lipinski definition) is 1. The van der Waals surface area contributed by atoms with Crippen LogP contribution in [0.15, 0.2) is 5.38 Å². The van der Waals surface area contributed by atoms with E-state index in [1.807, 2.05) is 6.07 Å². The van der Waals surface area contributed by atoms with Gasteiger partial charge in [0.2, 0.25) is 5.91 Å². The Hall–Kier alpha value is -1.41. The van der Waals surface area contributed by atoms with Crippen molar-refractivity contribution >= 4 is 22.4 Å². The largest absolute Gasteiger partial charge is 0.301 e. The topological polar surface area (TPSA) is 65.8 Å². The second-order valence-electron chi connectivity index (χ2n) is 8.51. The summed E-state index contributed by atoms with van der Waals surface area (Å²) in [6.07, 6.45) is 6.88. The van der Waals surface area contributed by atoms with Crippen LogP contribution < -0.4 is 5.32 Å². The average molecular weight is 315 g/mol. The standard InChI is InChI=1S/C17H21N3OS/c1-15-3-11-4-16(2,8-15)10-17(5-11,9-15)13(21)20-14-19-12(6-18)7-22-14/h7,11H,3-5,8-10H2,1-2H3,(H,19,20,21). The van der Waals surface area contributed by atoms with Gasteiger partial charge >= 0.3 is 0 Å². The third-order valence-electron chi connectivity index (χ3n) is 5.95. The first-order chi connectivity index (χ1) is 10.3. The van der Waals surface area contributed by atoms with Crippen molar-refractivity contribution in [2.75, 3.05) is 5.32 Å². The van der Waals surface area contributed by atoms with E-state index in [2.05, 4.69) is 24.1 Å². The van der Waals surface area contributed by atoms with Gasteiger partial charge in [-0.3, -0.25) is 4.79 Å². The lowest BCUT2D eigenvalue weighted by Gasteiger charge is -2.64. The van der Waals surface area contributed by atoms with E-state index in [4.69, 9.17) is 5.26 Å². The molecule has 2 atom stereocenters. The highest BCUT2D eigenvalue weighted by molar-refractivity contribution is 7.14. The lowest BCUT2D eigenvalue weighted by atomic mass is 9.40. The number of nitrogens with one attached hydrogen (secondary N) is 1. The van der Waals surface area contributed by atoms with Gasteiger partial charge in [0, 0.05) is 5.38 Å². The molecule has 4 fully saturated rings. The number of carbonyl (C=O) groups is 1. The Balaban J connectivity index is 1.61. The van der Waals surface area contributed by atoms with Crippen molar-refractivity contribution in [3.63, 3.8) is 0 Å². The van der Waals surface area contributed by atoms with Gasteiger partial charge in [-0.15, -0.1) is 11.3 Å². The van der Waals surface area contributed by atoms with E-state index in [1.54, 1.807) is 5.38 Å². The highest BCUT2D eigenvalue weighted by Crippen LogP contribution is 2.69. The zero-order valence-electron chi connectivity index (χ0n) is 13.1. The number of hydrogen-bond acceptors (Lipinski definition) is 4. The van der Waals surface area contributed by atoms with Crippen LogP contribution in [0.5, 0.6) is 0 Å². The van der Waals surface area contributed by atoms with Crippen LogP contribution in [-0.2, 0) is 4.79 Å². The monoisotopic (exact) mass is 315 g/mol. The van der Waals surface area contributed by atoms with Gasteiger partial charge < -0.3 is 5.32 Å². The molecule has 2 unspecified atom stereocenters. The van der Waals surface area contributed by atoms with Crippen molar-refractivity contribution in [1.82, 2.24) is 4.98 Å². The van der Waals surface area contributed by atoms with Gasteiger partial charge in [-0.05, 0) is 55.3 Å². The third-order valence-corrected chi connectivity index (χ3v) is 6.70. The van der Waals surface area contributed by atoms with E-state index in [1.165, 1.54) is 30.6 Å². The molecule has 5 heteroatoms. The van der Waals surface area contributed by atoms with Gasteiger partial charge in [0.25, 0.3) is 0 Å². The van der Waals surface area contributed by atoms with Gasteiger partial charge in [-0.1, -0.05) is 13.8 Å². The molecule has 4 saturated carbocycles. The van der Waals surface area contributed by atoms with E-state index in [0.29, 0.717) is 27.6 Å². The molecule has 4 aliphatic rings. The molecule has 0 spiro atoms. The Kier molecular flexibility index (Phi) is 2.79. The van der Waals surface area contributed by atoms with Gasteiger partial charge in [0.05, 0.1) is 5.41 Å². The summed E-state index contributed by atoms with van der Waals surface area (Å²) in [6.45, 7) is 4.74. The molecule has 22 heavy (non-hydrogen) atoms. The molecular formula is C17H21N3OS. The van der Waals surface area contributed by atoms with Crippen molar-refractivity contribution in [3.05, 3.63) is 11.1 Å². The molecule has 0 radical (unpaired) electrons. The fraction of sp³-hybridized carbons (Fsp3) is 0.706. The molecule has 1 aromatic heterocycles. The van der Waals surface area contributed by atoms with Crippen molar-refractivity contribution in [2.24, 2.45) is 22.2 Å². The van der Waals surface area contributed by atoms with Gasteiger partial charge in [-0.25, -0.2) is 4.98 Å². The molecule has 4 bridgehead atoms. The maximum Gasteiger partial charge on any atom is 0.232 e. The van der Waals surface area contributed by atoms with Crippen LogP contribution in [0.25, 0.3) is 0 Å². The lowest BCUT2D eigenvalue weighted by Crippen LogP contribution is -2.58. The highest BCUT2D eigenvalue weighted by Gasteiger charge is 2.62. The number of nitrogens with zero attached hydrogens (tertiary/aromatic N) is 2. The number of nitriles is 1. The Morgan fingerprint density at radius 2 is 2.00 bits per heavy atom. The van der Waals surface area contributed by atoms with Gasteiger partial charge in [0.1, 0.15) is 6.07 Å². The number of rotatable bonds is 2. The maximum absolute atomic E-state index is 13.0. The second kappa shape index (κ2) is 4.32. The lowest BCUT2D eigenvalue weighted by molar-refractivity contribution is -0.165. The molecule has 116 valence electrons. The summed E-state index contributed by atoms with van der Waals surface area (Å²) in [5.41, 5.74) is 0.810. The summed E-state index contributed by atoms with van der Waals surface area (Å²) in [5.74, 6) is 0.829. The van der Waals surface area contributed by atoms with E-state index in [9.17, 15) is 4.79 Å². The first kappa shape index (κ1) is 14.2. The Labute approximate surface area is 134 Å². The summed E-state index contributed by atoms with van der Waals surface area (Å²) >= 11 is 1.34. The number of carbonyl (C=O) groups excluding carboxylic acids is 1. The van der Waals surface area contributed by atoms with E-state index in [0.717, 1.165) is 19.3 Å². The summed E-state index contributed by atoms with van der Waals surface area (Å²) in [4.78, 5) is 17.2. The zero-order chi connectivity index (χ0) is 15.6. The molecule has 4 aliphatic carbocycles. The molecule has 1 aromatic rings. The molecule has 4 nitrogen and oxygen atoms in total. The minimum absolute atomic E-state index is 0.132. The predicted molar refractivity (Wildman–Crippen MR) is 85.3 cm³/mol. The summed E-state index contributed by atoms with van der Waals surface area (Å²) < 4.78 is 0. The molecule has 1 heterocycles. The van der Waals surface area contributed by atoms with Crippen LogP contribution in [-0.4, -0.2) is 10.9 Å². The van der Waals surface area contributed by atoms with Crippen molar-refractivity contribution in [3.8, 4) is 6.07 Å². The van der Waals surface area contributed by atoms with Crippen LogP contribution >= 0.6 is 11.3 Å². The maximum atomic E-state index is 13.0. The highest BCUT2D eigenvalue weighted by atomic mass is 32.1. The fourth-order valence-electron chi connectivity index (χ4n) is 6.31. The van der Waals surface area contributed by atoms with Gasteiger partial charge in [0.15, 0.2) is 10.8 Å². The minimum atomic E-state index is -0.221. The average Bonchev–Trinajstić information content (AvgIpc) is 2.82. The van der Waals surface area contributed by atoms with Crippen LogP contribution in [0.1, 0.15) is 58.1 Å². The predicted octanol–water partition coefficient (Wildman–Crippen LogP) is 3.95. The SMILES string of the molecule is CC12CC3CC(C)(C1)CC(C(=O)Nc1nc(C#N)cs1)(C3)C2. The van der Waals surface area contributed by atoms with Crippen LogP contribution in [0.2, 0.25) is 0 Å².